The molecule has 2 aliphatic rings. The number of anilines is 1. The highest BCUT2D eigenvalue weighted by Crippen LogP contribution is 2.44. The quantitative estimate of drug-likeness (QED) is 0.822. The molecule has 1 aromatic rings. The van der Waals surface area contributed by atoms with Crippen LogP contribution in [-0.4, -0.2) is 30.4 Å². The molecule has 1 aromatic carbocycles. The summed E-state index contributed by atoms with van der Waals surface area (Å²) in [6, 6.07) is 6.43. The Morgan fingerprint density at radius 2 is 2.00 bits per heavy atom. The molecule has 0 fully saturated rings. The van der Waals surface area contributed by atoms with E-state index >= 15 is 0 Å². The van der Waals surface area contributed by atoms with E-state index in [0.717, 1.165) is 45.3 Å². The molecule has 3 nitrogen and oxygen atoms in total. The highest BCUT2D eigenvalue weighted by atomic mass is 16.2. The van der Waals surface area contributed by atoms with Crippen molar-refractivity contribution in [2.45, 2.75) is 45.6 Å². The van der Waals surface area contributed by atoms with Crippen molar-refractivity contribution in [2.75, 3.05) is 24.5 Å². The fourth-order valence-corrected chi connectivity index (χ4v) is 3.70. The minimum atomic E-state index is -0.0389. The number of hydrogen-bond donors (Lipinski definition) is 0. The van der Waals surface area contributed by atoms with Crippen LogP contribution >= 0.6 is 0 Å². The summed E-state index contributed by atoms with van der Waals surface area (Å²) in [6.07, 6.45) is 4.40. The van der Waals surface area contributed by atoms with Crippen LogP contribution in [0.1, 0.15) is 50.3 Å². The number of para-hydroxylation sites is 1. The van der Waals surface area contributed by atoms with Crippen molar-refractivity contribution in [3.05, 3.63) is 29.3 Å². The van der Waals surface area contributed by atoms with Gasteiger partial charge in [-0.05, 0) is 44.3 Å². The predicted molar refractivity (Wildman–Crippen MR) is 82.0 cm³/mol. The summed E-state index contributed by atoms with van der Waals surface area (Å²) in [4.78, 5) is 17.3. The Bertz CT molecular complexity index is 506. The standard InChI is InChI=1S/C17H24N2O/c1-3-10-18(11-4-2)16-14-9-5-7-13-8-6-12-19(15(13)14)17(16)20/h5,7,9,16H,3-4,6,8,10-12H2,1-2H3. The maximum absolute atomic E-state index is 12.9. The normalized spacial score (nSPS) is 20.6. The smallest absolute Gasteiger partial charge is 0.249 e. The molecule has 108 valence electrons. The zero-order valence-electron chi connectivity index (χ0n) is 12.6. The van der Waals surface area contributed by atoms with E-state index in [4.69, 9.17) is 0 Å². The Balaban J connectivity index is 2.01. The summed E-state index contributed by atoms with van der Waals surface area (Å²) >= 11 is 0. The molecule has 1 amide bonds. The van der Waals surface area contributed by atoms with Gasteiger partial charge in [-0.2, -0.15) is 0 Å². The molecule has 0 aliphatic carbocycles. The van der Waals surface area contributed by atoms with Gasteiger partial charge >= 0.3 is 0 Å². The van der Waals surface area contributed by atoms with Crippen LogP contribution in [0.5, 0.6) is 0 Å². The van der Waals surface area contributed by atoms with Gasteiger partial charge in [0.25, 0.3) is 0 Å². The van der Waals surface area contributed by atoms with Gasteiger partial charge in [0.05, 0.1) is 5.69 Å². The first-order valence-corrected chi connectivity index (χ1v) is 7.95. The van der Waals surface area contributed by atoms with Crippen molar-refractivity contribution in [1.82, 2.24) is 4.90 Å². The second kappa shape index (κ2) is 5.57. The lowest BCUT2D eigenvalue weighted by Crippen LogP contribution is -2.39. The lowest BCUT2D eigenvalue weighted by molar-refractivity contribution is -0.123. The van der Waals surface area contributed by atoms with Crippen LogP contribution in [-0.2, 0) is 11.2 Å². The van der Waals surface area contributed by atoms with Gasteiger partial charge in [0.15, 0.2) is 0 Å². The first-order chi connectivity index (χ1) is 9.77. The molecule has 0 bridgehead atoms. The molecule has 0 aromatic heterocycles. The first kappa shape index (κ1) is 13.6. The van der Waals surface area contributed by atoms with Gasteiger partial charge < -0.3 is 4.90 Å². The lowest BCUT2D eigenvalue weighted by atomic mass is 9.98. The van der Waals surface area contributed by atoms with E-state index in [2.05, 4.69) is 36.9 Å². The first-order valence-electron chi connectivity index (χ1n) is 7.95. The third-order valence-corrected chi connectivity index (χ3v) is 4.43. The second-order valence-electron chi connectivity index (χ2n) is 5.89. The van der Waals surface area contributed by atoms with Gasteiger partial charge in [0.2, 0.25) is 5.91 Å². The Hall–Kier alpha value is -1.35. The van der Waals surface area contributed by atoms with Crippen LogP contribution in [0.3, 0.4) is 0 Å². The van der Waals surface area contributed by atoms with E-state index in [-0.39, 0.29) is 6.04 Å². The average molecular weight is 272 g/mol. The van der Waals surface area contributed by atoms with E-state index in [1.165, 1.54) is 16.8 Å². The number of rotatable bonds is 5. The maximum Gasteiger partial charge on any atom is 0.249 e. The van der Waals surface area contributed by atoms with Crippen LogP contribution in [0.25, 0.3) is 0 Å². The van der Waals surface area contributed by atoms with Crippen LogP contribution < -0.4 is 4.90 Å². The molecule has 1 atom stereocenters. The molecule has 3 rings (SSSR count). The van der Waals surface area contributed by atoms with Crippen LogP contribution in [0.4, 0.5) is 5.69 Å². The molecule has 3 heteroatoms. The minimum absolute atomic E-state index is 0.0389. The van der Waals surface area contributed by atoms with Crippen LogP contribution in [0.2, 0.25) is 0 Å². The van der Waals surface area contributed by atoms with Crippen molar-refractivity contribution in [3.8, 4) is 0 Å². The Morgan fingerprint density at radius 1 is 1.25 bits per heavy atom. The molecule has 20 heavy (non-hydrogen) atoms. The molecule has 0 saturated heterocycles. The number of amides is 1. The Morgan fingerprint density at radius 3 is 2.70 bits per heavy atom. The summed E-state index contributed by atoms with van der Waals surface area (Å²) in [5, 5.41) is 0. The molecule has 0 radical (unpaired) electrons. The number of carbonyl (C=O) groups excluding carboxylic acids is 1. The zero-order valence-corrected chi connectivity index (χ0v) is 12.6. The SMILES string of the molecule is CCCN(CCC)C1C(=O)N2CCCc3cccc1c32. The molecule has 0 N–H and O–H groups in total. The molecular weight excluding hydrogens is 248 g/mol. The number of nitrogens with zero attached hydrogens (tertiary/aromatic N) is 2. The molecule has 1 unspecified atom stereocenters. The summed E-state index contributed by atoms with van der Waals surface area (Å²) in [5.74, 6) is 0.300. The summed E-state index contributed by atoms with van der Waals surface area (Å²) in [6.45, 7) is 7.28. The summed E-state index contributed by atoms with van der Waals surface area (Å²) in [5.41, 5.74) is 3.83. The van der Waals surface area contributed by atoms with Crippen molar-refractivity contribution in [3.63, 3.8) is 0 Å². The summed E-state index contributed by atoms with van der Waals surface area (Å²) in [7, 11) is 0. The molecular formula is C17H24N2O. The monoisotopic (exact) mass is 272 g/mol. The number of hydrogen-bond acceptors (Lipinski definition) is 2. The van der Waals surface area contributed by atoms with E-state index in [0.29, 0.717) is 5.91 Å². The van der Waals surface area contributed by atoms with Crippen molar-refractivity contribution >= 4 is 11.6 Å². The van der Waals surface area contributed by atoms with Gasteiger partial charge in [-0.15, -0.1) is 0 Å². The number of benzene rings is 1. The van der Waals surface area contributed by atoms with Crippen molar-refractivity contribution < 1.29 is 4.79 Å². The van der Waals surface area contributed by atoms with Crippen molar-refractivity contribution in [2.24, 2.45) is 0 Å². The van der Waals surface area contributed by atoms with Gasteiger partial charge in [-0.3, -0.25) is 9.69 Å². The second-order valence-corrected chi connectivity index (χ2v) is 5.89. The van der Waals surface area contributed by atoms with Gasteiger partial charge in [0.1, 0.15) is 6.04 Å². The van der Waals surface area contributed by atoms with Gasteiger partial charge in [-0.25, -0.2) is 0 Å². The lowest BCUT2D eigenvalue weighted by Gasteiger charge is -2.28. The van der Waals surface area contributed by atoms with E-state index in [1.807, 2.05) is 4.90 Å². The zero-order chi connectivity index (χ0) is 14.1. The molecule has 0 spiro atoms. The topological polar surface area (TPSA) is 23.6 Å². The molecule has 2 aliphatic heterocycles. The van der Waals surface area contributed by atoms with Gasteiger partial charge in [-0.1, -0.05) is 32.0 Å². The third kappa shape index (κ3) is 2.05. The highest BCUT2D eigenvalue weighted by Gasteiger charge is 2.42. The molecule has 2 heterocycles. The van der Waals surface area contributed by atoms with E-state index in [1.54, 1.807) is 0 Å². The van der Waals surface area contributed by atoms with E-state index in [9.17, 15) is 4.79 Å². The largest absolute Gasteiger partial charge is 0.310 e. The fourth-order valence-electron chi connectivity index (χ4n) is 3.70. The summed E-state index contributed by atoms with van der Waals surface area (Å²) < 4.78 is 0. The minimum Gasteiger partial charge on any atom is -0.310 e. The molecule has 0 saturated carbocycles. The van der Waals surface area contributed by atoms with Crippen LogP contribution in [0.15, 0.2) is 18.2 Å². The number of aryl methyl sites for hydroxylation is 1. The highest BCUT2D eigenvalue weighted by molar-refractivity contribution is 6.05. The number of carbonyl (C=O) groups is 1. The van der Waals surface area contributed by atoms with Crippen molar-refractivity contribution in [1.29, 1.82) is 0 Å². The predicted octanol–water partition coefficient (Wildman–Crippen LogP) is 3.14. The van der Waals surface area contributed by atoms with Crippen LogP contribution in [0, 0.1) is 0 Å². The van der Waals surface area contributed by atoms with Gasteiger partial charge in [0, 0.05) is 12.1 Å². The maximum atomic E-state index is 12.9. The Kier molecular flexibility index (Phi) is 3.79. The fraction of sp³-hybridized carbons (Fsp3) is 0.588. The third-order valence-electron chi connectivity index (χ3n) is 4.43. The van der Waals surface area contributed by atoms with E-state index < -0.39 is 0 Å². The Labute approximate surface area is 121 Å². The average Bonchev–Trinajstić information content (AvgIpc) is 2.74.